The zero-order chi connectivity index (χ0) is 13.6. The maximum absolute atomic E-state index is 11.6. The first-order chi connectivity index (χ1) is 7.73. The van der Waals surface area contributed by atoms with E-state index in [-0.39, 0.29) is 29.6 Å². The van der Waals surface area contributed by atoms with Gasteiger partial charge in [0.1, 0.15) is 0 Å². The SMILES string of the molecule is CC(=O)OC(=O)C(=O)C(OC(C)C)OC(C)C.[AlH3]. The Bertz CT molecular complexity index is 290. The van der Waals surface area contributed by atoms with Gasteiger partial charge in [0.05, 0.1) is 12.2 Å². The molecule has 0 saturated carbocycles. The number of rotatable bonds is 6. The van der Waals surface area contributed by atoms with Gasteiger partial charge in [-0.1, -0.05) is 0 Å². The van der Waals surface area contributed by atoms with E-state index in [1.54, 1.807) is 27.7 Å². The second-order valence-corrected chi connectivity index (χ2v) is 3.95. The number of hydrogen-bond acceptors (Lipinski definition) is 6. The van der Waals surface area contributed by atoms with Crippen LogP contribution >= 0.6 is 0 Å². The van der Waals surface area contributed by atoms with Crippen LogP contribution in [-0.2, 0) is 28.6 Å². The summed E-state index contributed by atoms with van der Waals surface area (Å²) >= 11 is 0. The number of carbonyl (C=O) groups excluding carboxylic acids is 3. The van der Waals surface area contributed by atoms with Gasteiger partial charge >= 0.3 is 11.9 Å². The maximum Gasteiger partial charge on any atom is 0.387 e. The molecule has 0 atom stereocenters. The predicted molar refractivity (Wildman–Crippen MR) is 67.9 cm³/mol. The molecule has 0 spiro atoms. The first-order valence-corrected chi connectivity index (χ1v) is 5.31. The zero-order valence-corrected chi connectivity index (χ0v) is 10.7. The molecule has 0 saturated heterocycles. The first-order valence-electron chi connectivity index (χ1n) is 5.31. The van der Waals surface area contributed by atoms with E-state index in [4.69, 9.17) is 9.47 Å². The number of esters is 2. The number of Topliss-reactive ketones (excluding diaryl/α,β-unsaturated/α-hetero) is 1. The Morgan fingerprint density at radius 2 is 1.28 bits per heavy atom. The number of ether oxygens (including phenoxy) is 3. The van der Waals surface area contributed by atoms with Crippen LogP contribution in [0.1, 0.15) is 34.6 Å². The summed E-state index contributed by atoms with van der Waals surface area (Å²) in [6.07, 6.45) is -1.94. The Morgan fingerprint density at radius 3 is 1.56 bits per heavy atom. The Hall–Kier alpha value is -0.738. The summed E-state index contributed by atoms with van der Waals surface area (Å²) in [5.41, 5.74) is 0. The predicted octanol–water partition coefficient (Wildman–Crippen LogP) is -0.363. The maximum atomic E-state index is 11.6. The van der Waals surface area contributed by atoms with Gasteiger partial charge in [-0.15, -0.1) is 0 Å². The van der Waals surface area contributed by atoms with Crippen LogP contribution in [0.3, 0.4) is 0 Å². The van der Waals surface area contributed by atoms with Crippen molar-refractivity contribution in [2.24, 2.45) is 0 Å². The lowest BCUT2D eigenvalue weighted by Crippen LogP contribution is -2.38. The fourth-order valence-electron chi connectivity index (χ4n) is 0.927. The van der Waals surface area contributed by atoms with Crippen molar-refractivity contribution in [2.75, 3.05) is 0 Å². The molecule has 6 nitrogen and oxygen atoms in total. The van der Waals surface area contributed by atoms with Crippen molar-refractivity contribution in [3.8, 4) is 0 Å². The van der Waals surface area contributed by atoms with Gasteiger partial charge in [-0.05, 0) is 27.7 Å². The smallest absolute Gasteiger partial charge is 0.387 e. The average molecular weight is 276 g/mol. The van der Waals surface area contributed by atoms with Crippen LogP contribution in [0.5, 0.6) is 0 Å². The van der Waals surface area contributed by atoms with Gasteiger partial charge in [0, 0.05) is 6.92 Å². The Kier molecular flexibility index (Phi) is 10.0. The van der Waals surface area contributed by atoms with Gasteiger partial charge in [-0.3, -0.25) is 9.59 Å². The van der Waals surface area contributed by atoms with Crippen LogP contribution in [0.2, 0.25) is 0 Å². The molecule has 0 aromatic rings. The second kappa shape index (κ2) is 9.23. The molecule has 0 rings (SSSR count). The van der Waals surface area contributed by atoms with Crippen molar-refractivity contribution < 1.29 is 28.6 Å². The monoisotopic (exact) mass is 276 g/mol. The van der Waals surface area contributed by atoms with Crippen molar-refractivity contribution in [1.29, 1.82) is 0 Å². The van der Waals surface area contributed by atoms with E-state index >= 15 is 0 Å². The molecule has 0 aliphatic carbocycles. The number of ketones is 1. The van der Waals surface area contributed by atoms with Crippen molar-refractivity contribution in [3.05, 3.63) is 0 Å². The van der Waals surface area contributed by atoms with Gasteiger partial charge < -0.3 is 14.2 Å². The highest BCUT2D eigenvalue weighted by atomic mass is 27.0. The van der Waals surface area contributed by atoms with Gasteiger partial charge in [-0.25, -0.2) is 4.79 Å². The molecular formula is C11H21AlO6. The summed E-state index contributed by atoms with van der Waals surface area (Å²) in [5.74, 6) is -3.15. The largest absolute Gasteiger partial charge is 0.387 e. The summed E-state index contributed by atoms with van der Waals surface area (Å²) in [5, 5.41) is 0. The lowest BCUT2D eigenvalue weighted by molar-refractivity contribution is -0.196. The molecule has 7 heteroatoms. The minimum Gasteiger partial charge on any atom is -0.387 e. The minimum absolute atomic E-state index is 0. The molecular weight excluding hydrogens is 255 g/mol. The zero-order valence-electron chi connectivity index (χ0n) is 10.7. The second-order valence-electron chi connectivity index (χ2n) is 3.95. The first kappa shape index (κ1) is 19.6. The summed E-state index contributed by atoms with van der Waals surface area (Å²) in [4.78, 5) is 33.3. The van der Waals surface area contributed by atoms with Crippen molar-refractivity contribution in [1.82, 2.24) is 0 Å². The average Bonchev–Trinajstić information content (AvgIpc) is 2.12. The van der Waals surface area contributed by atoms with Gasteiger partial charge in [0.2, 0.25) is 6.29 Å². The fourth-order valence-corrected chi connectivity index (χ4v) is 0.927. The van der Waals surface area contributed by atoms with E-state index in [1.807, 2.05) is 0 Å². The third kappa shape index (κ3) is 8.37. The highest BCUT2D eigenvalue weighted by Crippen LogP contribution is 2.06. The Balaban J connectivity index is 0. The van der Waals surface area contributed by atoms with Gasteiger partial charge in [-0.2, -0.15) is 0 Å². The molecule has 0 bridgehead atoms. The molecule has 0 fully saturated rings. The fraction of sp³-hybridized carbons (Fsp3) is 0.727. The molecule has 18 heavy (non-hydrogen) atoms. The number of hydrogen-bond donors (Lipinski definition) is 0. The third-order valence-electron chi connectivity index (χ3n) is 1.44. The minimum atomic E-state index is -1.35. The molecule has 0 heterocycles. The van der Waals surface area contributed by atoms with Crippen LogP contribution in [0.15, 0.2) is 0 Å². The molecule has 0 N–H and O–H groups in total. The molecule has 0 aromatic carbocycles. The molecule has 0 aromatic heterocycles. The van der Waals surface area contributed by atoms with E-state index in [9.17, 15) is 14.4 Å². The highest BCUT2D eigenvalue weighted by molar-refractivity contribution is 6.36. The molecule has 0 unspecified atom stereocenters. The lowest BCUT2D eigenvalue weighted by Gasteiger charge is -2.20. The molecule has 104 valence electrons. The molecule has 0 aliphatic rings. The standard InChI is InChI=1S/C11H18O6.Al.3H/c1-6(2)15-11(16-7(3)4)9(13)10(14)17-8(5)12;;;;/h6-7,11H,1-5H3;;;;. The third-order valence-corrected chi connectivity index (χ3v) is 1.44. The Labute approximate surface area is 117 Å². The van der Waals surface area contributed by atoms with Crippen molar-refractivity contribution >= 4 is 35.1 Å². The van der Waals surface area contributed by atoms with Crippen LogP contribution in [0.25, 0.3) is 0 Å². The molecule has 0 amide bonds. The van der Waals surface area contributed by atoms with Gasteiger partial charge in [0.15, 0.2) is 17.4 Å². The summed E-state index contributed by atoms with van der Waals surface area (Å²) < 4.78 is 14.5. The topological polar surface area (TPSA) is 78.9 Å². The van der Waals surface area contributed by atoms with E-state index in [0.29, 0.717) is 0 Å². The van der Waals surface area contributed by atoms with Crippen LogP contribution in [0.4, 0.5) is 0 Å². The van der Waals surface area contributed by atoms with E-state index in [0.717, 1.165) is 6.92 Å². The quantitative estimate of drug-likeness (QED) is 0.217. The van der Waals surface area contributed by atoms with Crippen LogP contribution < -0.4 is 0 Å². The summed E-state index contributed by atoms with van der Waals surface area (Å²) in [6, 6.07) is 0. The van der Waals surface area contributed by atoms with Crippen LogP contribution in [-0.4, -0.2) is 53.6 Å². The van der Waals surface area contributed by atoms with E-state index in [1.165, 1.54) is 0 Å². The van der Waals surface area contributed by atoms with E-state index in [2.05, 4.69) is 4.74 Å². The molecule has 0 radical (unpaired) electrons. The van der Waals surface area contributed by atoms with Crippen LogP contribution in [0, 0.1) is 0 Å². The van der Waals surface area contributed by atoms with Crippen molar-refractivity contribution in [2.45, 2.75) is 53.1 Å². The lowest BCUT2D eigenvalue weighted by atomic mass is 10.3. The van der Waals surface area contributed by atoms with Gasteiger partial charge in [0.25, 0.3) is 5.78 Å². The molecule has 0 aliphatic heterocycles. The number of carbonyl (C=O) groups is 3. The summed E-state index contributed by atoms with van der Waals surface area (Å²) in [6.45, 7) is 7.81. The normalized spacial score (nSPS) is 10.4. The van der Waals surface area contributed by atoms with E-state index < -0.39 is 24.0 Å². The summed E-state index contributed by atoms with van der Waals surface area (Å²) in [7, 11) is 0. The highest BCUT2D eigenvalue weighted by Gasteiger charge is 2.31. The van der Waals surface area contributed by atoms with Crippen molar-refractivity contribution in [3.63, 3.8) is 0 Å². The Morgan fingerprint density at radius 1 is 0.889 bits per heavy atom.